The van der Waals surface area contributed by atoms with Crippen molar-refractivity contribution in [2.45, 2.75) is 20.1 Å². The molecule has 0 fully saturated rings. The van der Waals surface area contributed by atoms with E-state index in [1.165, 1.54) is 0 Å². The normalized spacial score (nSPS) is 11.8. The van der Waals surface area contributed by atoms with Gasteiger partial charge in [0.1, 0.15) is 11.5 Å². The first kappa shape index (κ1) is 14.3. The van der Waals surface area contributed by atoms with Crippen molar-refractivity contribution >= 4 is 5.69 Å². The van der Waals surface area contributed by atoms with Crippen LogP contribution in [-0.4, -0.2) is 19.9 Å². The number of hydrogen-bond acceptors (Lipinski definition) is 3. The molecule has 0 heterocycles. The molecule has 0 saturated carbocycles. The summed E-state index contributed by atoms with van der Waals surface area (Å²) < 4.78 is 11.4. The van der Waals surface area contributed by atoms with Gasteiger partial charge in [0, 0.05) is 6.54 Å². The van der Waals surface area contributed by atoms with E-state index in [0.717, 1.165) is 23.7 Å². The van der Waals surface area contributed by atoms with Crippen LogP contribution in [0.2, 0.25) is 0 Å². The van der Waals surface area contributed by atoms with E-state index in [0.29, 0.717) is 0 Å². The van der Waals surface area contributed by atoms with E-state index in [9.17, 15) is 0 Å². The SMILES string of the molecule is CCN(c1ccccc1OC)C(C)Oc1ccccc1. The zero-order chi connectivity index (χ0) is 14.4. The average molecular weight is 271 g/mol. The lowest BCUT2D eigenvalue weighted by molar-refractivity contribution is 0.215. The van der Waals surface area contributed by atoms with Gasteiger partial charge in [0.2, 0.25) is 0 Å². The minimum atomic E-state index is -0.0706. The maximum absolute atomic E-state index is 5.99. The van der Waals surface area contributed by atoms with E-state index in [-0.39, 0.29) is 6.23 Å². The Labute approximate surface area is 120 Å². The summed E-state index contributed by atoms with van der Waals surface area (Å²) in [7, 11) is 1.69. The van der Waals surface area contributed by atoms with E-state index in [4.69, 9.17) is 9.47 Å². The Balaban J connectivity index is 2.19. The van der Waals surface area contributed by atoms with Crippen molar-refractivity contribution in [2.24, 2.45) is 0 Å². The molecule has 0 amide bonds. The van der Waals surface area contributed by atoms with Crippen LogP contribution in [0, 0.1) is 0 Å². The zero-order valence-electron chi connectivity index (χ0n) is 12.2. The Morgan fingerprint density at radius 2 is 1.65 bits per heavy atom. The summed E-state index contributed by atoms with van der Waals surface area (Å²) >= 11 is 0. The highest BCUT2D eigenvalue weighted by Crippen LogP contribution is 2.29. The molecule has 1 unspecified atom stereocenters. The molecule has 2 aromatic rings. The molecule has 0 aromatic heterocycles. The summed E-state index contributed by atoms with van der Waals surface area (Å²) in [5.74, 6) is 1.73. The third-order valence-electron chi connectivity index (χ3n) is 3.22. The van der Waals surface area contributed by atoms with Crippen LogP contribution in [-0.2, 0) is 0 Å². The van der Waals surface area contributed by atoms with Crippen molar-refractivity contribution in [3.05, 3.63) is 54.6 Å². The molecule has 2 aromatic carbocycles. The molecule has 0 aliphatic heterocycles. The highest BCUT2D eigenvalue weighted by atomic mass is 16.5. The van der Waals surface area contributed by atoms with Crippen LogP contribution in [0.5, 0.6) is 11.5 Å². The summed E-state index contributed by atoms with van der Waals surface area (Å²) in [5.41, 5.74) is 1.04. The van der Waals surface area contributed by atoms with Gasteiger partial charge in [-0.1, -0.05) is 30.3 Å². The fourth-order valence-electron chi connectivity index (χ4n) is 2.25. The summed E-state index contributed by atoms with van der Waals surface area (Å²) in [4.78, 5) is 2.17. The molecule has 0 bridgehead atoms. The Kier molecular flexibility index (Phi) is 4.88. The van der Waals surface area contributed by atoms with E-state index >= 15 is 0 Å². The first-order chi connectivity index (χ1) is 9.76. The van der Waals surface area contributed by atoms with Crippen molar-refractivity contribution in [1.82, 2.24) is 0 Å². The van der Waals surface area contributed by atoms with Crippen molar-refractivity contribution in [2.75, 3.05) is 18.6 Å². The topological polar surface area (TPSA) is 21.7 Å². The van der Waals surface area contributed by atoms with E-state index < -0.39 is 0 Å². The van der Waals surface area contributed by atoms with E-state index in [1.54, 1.807) is 7.11 Å². The summed E-state index contributed by atoms with van der Waals surface area (Å²) in [6.45, 7) is 4.99. The zero-order valence-corrected chi connectivity index (χ0v) is 12.2. The smallest absolute Gasteiger partial charge is 0.169 e. The van der Waals surface area contributed by atoms with E-state index in [1.807, 2.05) is 61.5 Å². The lowest BCUT2D eigenvalue weighted by Crippen LogP contribution is -2.37. The Hall–Kier alpha value is -2.16. The molecule has 3 nitrogen and oxygen atoms in total. The maximum Gasteiger partial charge on any atom is 0.169 e. The lowest BCUT2D eigenvalue weighted by Gasteiger charge is -2.31. The second-order valence-electron chi connectivity index (χ2n) is 4.49. The van der Waals surface area contributed by atoms with Gasteiger partial charge in [0.25, 0.3) is 0 Å². The minimum absolute atomic E-state index is 0.0706. The van der Waals surface area contributed by atoms with Gasteiger partial charge in [-0.3, -0.25) is 0 Å². The monoisotopic (exact) mass is 271 g/mol. The van der Waals surface area contributed by atoms with E-state index in [2.05, 4.69) is 11.8 Å². The second kappa shape index (κ2) is 6.85. The number of nitrogens with zero attached hydrogens (tertiary/aromatic N) is 1. The molecule has 2 rings (SSSR count). The molecule has 0 aliphatic rings. The number of anilines is 1. The van der Waals surface area contributed by atoms with Crippen LogP contribution in [0.15, 0.2) is 54.6 Å². The van der Waals surface area contributed by atoms with Gasteiger partial charge in [0.15, 0.2) is 6.23 Å². The molecular weight excluding hydrogens is 250 g/mol. The van der Waals surface area contributed by atoms with Gasteiger partial charge in [0.05, 0.1) is 12.8 Å². The second-order valence-corrected chi connectivity index (χ2v) is 4.49. The molecule has 106 valence electrons. The third kappa shape index (κ3) is 3.23. The Morgan fingerprint density at radius 3 is 2.30 bits per heavy atom. The van der Waals surface area contributed by atoms with Crippen molar-refractivity contribution < 1.29 is 9.47 Å². The molecule has 0 N–H and O–H groups in total. The molecule has 3 heteroatoms. The quantitative estimate of drug-likeness (QED) is 0.743. The van der Waals surface area contributed by atoms with Gasteiger partial charge < -0.3 is 14.4 Å². The number of para-hydroxylation sites is 3. The largest absolute Gasteiger partial charge is 0.495 e. The molecule has 0 aliphatic carbocycles. The van der Waals surface area contributed by atoms with Crippen molar-refractivity contribution in [1.29, 1.82) is 0 Å². The summed E-state index contributed by atoms with van der Waals surface area (Å²) in [6.07, 6.45) is -0.0706. The Bertz CT molecular complexity index is 528. The van der Waals surface area contributed by atoms with Crippen LogP contribution in [0.3, 0.4) is 0 Å². The van der Waals surface area contributed by atoms with Crippen LogP contribution < -0.4 is 14.4 Å². The van der Waals surface area contributed by atoms with Crippen molar-refractivity contribution in [3.8, 4) is 11.5 Å². The number of rotatable bonds is 6. The fraction of sp³-hybridized carbons (Fsp3) is 0.294. The minimum Gasteiger partial charge on any atom is -0.495 e. The van der Waals surface area contributed by atoms with Crippen LogP contribution >= 0.6 is 0 Å². The van der Waals surface area contributed by atoms with Crippen molar-refractivity contribution in [3.63, 3.8) is 0 Å². The van der Waals surface area contributed by atoms with Gasteiger partial charge >= 0.3 is 0 Å². The number of hydrogen-bond donors (Lipinski definition) is 0. The molecule has 1 atom stereocenters. The molecule has 0 spiro atoms. The first-order valence-electron chi connectivity index (χ1n) is 6.87. The molecule has 20 heavy (non-hydrogen) atoms. The molecular formula is C17H21NO2. The standard InChI is InChI=1S/C17H21NO2/c1-4-18(16-12-8-9-13-17(16)19-3)14(2)20-15-10-6-5-7-11-15/h5-14H,4H2,1-3H3. The molecule has 0 saturated heterocycles. The predicted octanol–water partition coefficient (Wildman–Crippen LogP) is 3.95. The number of ether oxygens (including phenoxy) is 2. The van der Waals surface area contributed by atoms with Gasteiger partial charge in [-0.15, -0.1) is 0 Å². The first-order valence-corrected chi connectivity index (χ1v) is 6.87. The lowest BCUT2D eigenvalue weighted by atomic mass is 10.2. The van der Waals surface area contributed by atoms with Gasteiger partial charge in [-0.05, 0) is 38.1 Å². The van der Waals surface area contributed by atoms with Gasteiger partial charge in [-0.2, -0.15) is 0 Å². The highest BCUT2D eigenvalue weighted by molar-refractivity contribution is 5.58. The summed E-state index contributed by atoms with van der Waals surface area (Å²) in [5, 5.41) is 0. The molecule has 0 radical (unpaired) electrons. The highest BCUT2D eigenvalue weighted by Gasteiger charge is 2.17. The fourth-order valence-corrected chi connectivity index (χ4v) is 2.25. The number of methoxy groups -OCH3 is 1. The third-order valence-corrected chi connectivity index (χ3v) is 3.22. The predicted molar refractivity (Wildman–Crippen MR) is 82.5 cm³/mol. The number of benzene rings is 2. The van der Waals surface area contributed by atoms with Crippen LogP contribution in [0.4, 0.5) is 5.69 Å². The Morgan fingerprint density at radius 1 is 1.00 bits per heavy atom. The van der Waals surface area contributed by atoms with Crippen LogP contribution in [0.1, 0.15) is 13.8 Å². The van der Waals surface area contributed by atoms with Gasteiger partial charge in [-0.25, -0.2) is 0 Å². The maximum atomic E-state index is 5.99. The summed E-state index contributed by atoms with van der Waals surface area (Å²) in [6, 6.07) is 17.9. The van der Waals surface area contributed by atoms with Crippen LogP contribution in [0.25, 0.3) is 0 Å². The average Bonchev–Trinajstić information content (AvgIpc) is 2.49.